The molecule has 0 spiro atoms. The van der Waals surface area contributed by atoms with Crippen molar-refractivity contribution in [3.05, 3.63) is 52.3 Å². The summed E-state index contributed by atoms with van der Waals surface area (Å²) in [7, 11) is -3.35. The van der Waals surface area contributed by atoms with Gasteiger partial charge in [0.15, 0.2) is 5.69 Å². The third-order valence-corrected chi connectivity index (χ3v) is 6.90. The summed E-state index contributed by atoms with van der Waals surface area (Å²) in [5.74, 6) is 0. The van der Waals surface area contributed by atoms with Crippen molar-refractivity contribution in [2.75, 3.05) is 0 Å². The summed E-state index contributed by atoms with van der Waals surface area (Å²) < 4.78 is 67.1. The molecule has 1 atom stereocenters. The molecule has 9 heteroatoms. The molecule has 154 valence electrons. The lowest BCUT2D eigenvalue weighted by Gasteiger charge is -2.14. The van der Waals surface area contributed by atoms with Gasteiger partial charge in [-0.25, -0.2) is 13.1 Å². The number of benzene rings is 1. The second-order valence-electron chi connectivity index (χ2n) is 7.43. The molecule has 3 rings (SSSR count). The Bertz CT molecular complexity index is 965. The van der Waals surface area contributed by atoms with Crippen LogP contribution in [-0.2, 0) is 42.0 Å². The first-order chi connectivity index (χ1) is 13.0. The summed E-state index contributed by atoms with van der Waals surface area (Å²) in [5.41, 5.74) is 2.61. The molecule has 0 saturated heterocycles. The summed E-state index contributed by atoms with van der Waals surface area (Å²) in [6.45, 7) is 5.38. The van der Waals surface area contributed by atoms with Crippen molar-refractivity contribution < 1.29 is 21.6 Å². The van der Waals surface area contributed by atoms with Gasteiger partial charge in [0.1, 0.15) is 0 Å². The van der Waals surface area contributed by atoms with Gasteiger partial charge in [-0.1, -0.05) is 18.2 Å². The molecule has 0 amide bonds. The number of fused-ring (bicyclic) bond motifs is 1. The van der Waals surface area contributed by atoms with E-state index < -0.39 is 27.1 Å². The maximum Gasteiger partial charge on any atom is 0.435 e. The molecule has 1 aromatic carbocycles. The molecule has 5 nitrogen and oxygen atoms in total. The summed E-state index contributed by atoms with van der Waals surface area (Å²) in [5, 5.41) is 3.16. The van der Waals surface area contributed by atoms with Crippen molar-refractivity contribution in [3.63, 3.8) is 0 Å². The Balaban J connectivity index is 1.77. The summed E-state index contributed by atoms with van der Waals surface area (Å²) in [6, 6.07) is 6.69. The zero-order valence-corrected chi connectivity index (χ0v) is 16.9. The second kappa shape index (κ2) is 7.51. The first-order valence-corrected chi connectivity index (χ1v) is 10.8. The van der Waals surface area contributed by atoms with Gasteiger partial charge in [-0.05, 0) is 56.4 Å². The van der Waals surface area contributed by atoms with E-state index in [4.69, 9.17) is 0 Å². The van der Waals surface area contributed by atoms with Crippen molar-refractivity contribution in [1.29, 1.82) is 0 Å². The molecule has 1 aliphatic carbocycles. The van der Waals surface area contributed by atoms with E-state index in [1.807, 2.05) is 18.2 Å². The van der Waals surface area contributed by atoms with Crippen LogP contribution in [-0.4, -0.2) is 29.5 Å². The fraction of sp³-hybridized carbons (Fsp3) is 0.526. The van der Waals surface area contributed by atoms with E-state index in [9.17, 15) is 21.6 Å². The summed E-state index contributed by atoms with van der Waals surface area (Å²) in [4.78, 5) is 0. The molecule has 1 aromatic heterocycles. The highest BCUT2D eigenvalue weighted by Crippen LogP contribution is 2.30. The Hall–Kier alpha value is -1.87. The SMILES string of the molecule is CCn1nc(C(F)(F)F)cc1Cc1ccc2c(c1)C[C@@H](NS(=O)(=O)C(C)C)C2. The quantitative estimate of drug-likeness (QED) is 0.787. The molecule has 1 heterocycles. The largest absolute Gasteiger partial charge is 0.435 e. The monoisotopic (exact) mass is 415 g/mol. The van der Waals surface area contributed by atoms with Crippen LogP contribution in [0.1, 0.15) is 48.8 Å². The van der Waals surface area contributed by atoms with Crippen LogP contribution in [0.25, 0.3) is 0 Å². The minimum absolute atomic E-state index is 0.185. The minimum atomic E-state index is -4.46. The summed E-state index contributed by atoms with van der Waals surface area (Å²) >= 11 is 0. The Morgan fingerprint density at radius 1 is 1.21 bits per heavy atom. The highest BCUT2D eigenvalue weighted by Gasteiger charge is 2.34. The Morgan fingerprint density at radius 3 is 2.50 bits per heavy atom. The van der Waals surface area contributed by atoms with Gasteiger partial charge >= 0.3 is 6.18 Å². The second-order valence-corrected chi connectivity index (χ2v) is 9.70. The van der Waals surface area contributed by atoms with E-state index >= 15 is 0 Å². The molecule has 28 heavy (non-hydrogen) atoms. The van der Waals surface area contributed by atoms with E-state index in [1.165, 1.54) is 4.68 Å². The van der Waals surface area contributed by atoms with Crippen LogP contribution in [0.15, 0.2) is 24.3 Å². The highest BCUT2D eigenvalue weighted by molar-refractivity contribution is 7.90. The number of sulfonamides is 1. The van der Waals surface area contributed by atoms with Gasteiger partial charge in [0.2, 0.25) is 10.0 Å². The number of hydrogen-bond donors (Lipinski definition) is 1. The molecule has 1 aliphatic rings. The topological polar surface area (TPSA) is 64.0 Å². The minimum Gasteiger partial charge on any atom is -0.269 e. The van der Waals surface area contributed by atoms with E-state index in [0.29, 0.717) is 31.5 Å². The predicted octanol–water partition coefficient (Wildman–Crippen LogP) is 3.31. The first-order valence-electron chi connectivity index (χ1n) is 9.25. The fourth-order valence-electron chi connectivity index (χ4n) is 3.45. The van der Waals surface area contributed by atoms with E-state index in [2.05, 4.69) is 9.82 Å². The number of nitrogens with one attached hydrogen (secondary N) is 1. The molecule has 0 fully saturated rings. The molecule has 0 bridgehead atoms. The highest BCUT2D eigenvalue weighted by atomic mass is 32.2. The van der Waals surface area contributed by atoms with Crippen LogP contribution in [0.3, 0.4) is 0 Å². The Labute approximate surface area is 163 Å². The smallest absolute Gasteiger partial charge is 0.269 e. The van der Waals surface area contributed by atoms with Crippen molar-refractivity contribution in [2.24, 2.45) is 0 Å². The molecule has 0 saturated carbocycles. The third-order valence-electron chi connectivity index (χ3n) is 4.99. The molecular weight excluding hydrogens is 391 g/mol. The number of halogens is 3. The zero-order valence-electron chi connectivity index (χ0n) is 16.0. The summed E-state index contributed by atoms with van der Waals surface area (Å²) in [6.07, 6.45) is -2.93. The number of alkyl halides is 3. The van der Waals surface area contributed by atoms with Crippen molar-refractivity contribution >= 4 is 10.0 Å². The number of nitrogens with zero attached hydrogens (tertiary/aromatic N) is 2. The van der Waals surface area contributed by atoms with Crippen LogP contribution in [0, 0.1) is 0 Å². The van der Waals surface area contributed by atoms with Gasteiger partial charge in [0.25, 0.3) is 0 Å². The fourth-order valence-corrected chi connectivity index (χ4v) is 4.36. The molecule has 2 aromatic rings. The van der Waals surface area contributed by atoms with Crippen LogP contribution in [0.5, 0.6) is 0 Å². The van der Waals surface area contributed by atoms with E-state index in [1.54, 1.807) is 20.8 Å². The van der Waals surface area contributed by atoms with Gasteiger partial charge in [0, 0.05) is 24.7 Å². The third kappa shape index (κ3) is 4.41. The Morgan fingerprint density at radius 2 is 1.89 bits per heavy atom. The van der Waals surface area contributed by atoms with Gasteiger partial charge in [0.05, 0.1) is 5.25 Å². The number of hydrogen-bond acceptors (Lipinski definition) is 3. The number of aromatic nitrogens is 2. The number of rotatable bonds is 6. The van der Waals surface area contributed by atoms with E-state index in [-0.39, 0.29) is 6.04 Å². The maximum atomic E-state index is 12.9. The van der Waals surface area contributed by atoms with Crippen LogP contribution < -0.4 is 4.72 Å². The van der Waals surface area contributed by atoms with Crippen LogP contribution in [0.4, 0.5) is 13.2 Å². The van der Waals surface area contributed by atoms with Crippen LogP contribution in [0.2, 0.25) is 0 Å². The van der Waals surface area contributed by atoms with Crippen molar-refractivity contribution in [1.82, 2.24) is 14.5 Å². The molecule has 0 aliphatic heterocycles. The lowest BCUT2D eigenvalue weighted by molar-refractivity contribution is -0.141. The predicted molar refractivity (Wildman–Crippen MR) is 101 cm³/mol. The van der Waals surface area contributed by atoms with Gasteiger partial charge < -0.3 is 0 Å². The average Bonchev–Trinajstić information content (AvgIpc) is 3.16. The molecule has 0 unspecified atom stereocenters. The normalized spacial score (nSPS) is 17.3. The van der Waals surface area contributed by atoms with Gasteiger partial charge in [-0.2, -0.15) is 18.3 Å². The van der Waals surface area contributed by atoms with Crippen molar-refractivity contribution in [2.45, 2.75) is 64.0 Å². The Kier molecular flexibility index (Phi) is 5.60. The average molecular weight is 415 g/mol. The maximum absolute atomic E-state index is 12.9. The van der Waals surface area contributed by atoms with Crippen LogP contribution >= 0.6 is 0 Å². The number of aryl methyl sites for hydroxylation is 1. The van der Waals surface area contributed by atoms with Crippen molar-refractivity contribution in [3.8, 4) is 0 Å². The zero-order chi connectivity index (χ0) is 20.7. The molecular formula is C19H24F3N3O2S. The molecule has 1 N–H and O–H groups in total. The van der Waals surface area contributed by atoms with E-state index in [0.717, 1.165) is 22.8 Å². The lowest BCUT2D eigenvalue weighted by atomic mass is 10.0. The van der Waals surface area contributed by atoms with Gasteiger partial charge in [-0.3, -0.25) is 4.68 Å². The standard InChI is InChI=1S/C19H24F3N3O2S/c1-4-25-17(11-18(23-25)19(20,21)22)8-13-5-6-14-9-16(10-15(14)7-13)24-28(26,27)12(2)3/h5-7,11-12,16,24H,4,8-10H2,1-3H3/t16-/m0/s1. The lowest BCUT2D eigenvalue weighted by Crippen LogP contribution is -2.39. The molecule has 0 radical (unpaired) electrons. The first kappa shape index (κ1) is 20.9. The van der Waals surface area contributed by atoms with Gasteiger partial charge in [-0.15, -0.1) is 0 Å².